The minimum absolute atomic E-state index is 0.177. The Morgan fingerprint density at radius 1 is 1.25 bits per heavy atom. The first-order chi connectivity index (χ1) is 11.4. The maximum atomic E-state index is 12.4. The minimum Gasteiger partial charge on any atom is -0.423 e. The fourth-order valence-corrected chi connectivity index (χ4v) is 3.89. The SMILES string of the molecule is O=C1N2C[C@H](CC[C@H]2c2nnc(C3CCNC3)o2)N1OS(=O)(=O)O. The van der Waals surface area contributed by atoms with Gasteiger partial charge in [0.1, 0.15) is 6.04 Å². The molecule has 3 aliphatic heterocycles. The summed E-state index contributed by atoms with van der Waals surface area (Å²) in [6, 6.07) is -1.49. The van der Waals surface area contributed by atoms with E-state index >= 15 is 0 Å². The molecular weight excluding hydrogens is 342 g/mol. The Bertz CT molecular complexity index is 745. The molecule has 0 saturated carbocycles. The molecule has 24 heavy (non-hydrogen) atoms. The van der Waals surface area contributed by atoms with Crippen LogP contribution in [0.2, 0.25) is 0 Å². The normalized spacial score (nSPS) is 30.4. The predicted octanol–water partition coefficient (Wildman–Crippen LogP) is -0.178. The predicted molar refractivity (Wildman–Crippen MR) is 76.9 cm³/mol. The minimum atomic E-state index is -4.75. The number of fused-ring (bicyclic) bond motifs is 2. The zero-order valence-electron chi connectivity index (χ0n) is 12.7. The van der Waals surface area contributed by atoms with E-state index in [1.807, 2.05) is 0 Å². The summed E-state index contributed by atoms with van der Waals surface area (Å²) in [5, 5.41) is 12.1. The molecule has 2 bridgehead atoms. The molecule has 3 saturated heterocycles. The third-order valence-electron chi connectivity index (χ3n) is 4.65. The molecule has 12 heteroatoms. The first kappa shape index (κ1) is 15.7. The molecule has 3 atom stereocenters. The van der Waals surface area contributed by atoms with Crippen molar-refractivity contribution >= 4 is 16.4 Å². The van der Waals surface area contributed by atoms with Gasteiger partial charge in [0.2, 0.25) is 11.8 Å². The smallest absolute Gasteiger partial charge is 0.418 e. The molecule has 4 heterocycles. The Morgan fingerprint density at radius 2 is 2.04 bits per heavy atom. The van der Waals surface area contributed by atoms with Crippen molar-refractivity contribution in [1.82, 2.24) is 25.5 Å². The second kappa shape index (κ2) is 5.65. The van der Waals surface area contributed by atoms with Crippen molar-refractivity contribution in [2.75, 3.05) is 19.6 Å². The Labute approximate surface area is 137 Å². The van der Waals surface area contributed by atoms with Crippen LogP contribution in [0.3, 0.4) is 0 Å². The van der Waals surface area contributed by atoms with Crippen molar-refractivity contribution in [3.05, 3.63) is 11.8 Å². The van der Waals surface area contributed by atoms with Gasteiger partial charge in [-0.25, -0.2) is 4.79 Å². The van der Waals surface area contributed by atoms with Crippen molar-refractivity contribution in [1.29, 1.82) is 0 Å². The second-order valence-corrected chi connectivity index (χ2v) is 7.18. The van der Waals surface area contributed by atoms with Crippen molar-refractivity contribution in [2.45, 2.75) is 37.3 Å². The maximum Gasteiger partial charge on any atom is 0.418 e. The molecule has 1 aromatic heterocycles. The van der Waals surface area contributed by atoms with Gasteiger partial charge in [-0.2, -0.15) is 13.5 Å². The number of hydrogen-bond donors (Lipinski definition) is 2. The van der Waals surface area contributed by atoms with E-state index in [2.05, 4.69) is 19.8 Å². The zero-order valence-corrected chi connectivity index (χ0v) is 13.5. The van der Waals surface area contributed by atoms with Gasteiger partial charge in [0.25, 0.3) is 0 Å². The summed E-state index contributed by atoms with van der Waals surface area (Å²) in [6.07, 6.45) is 1.98. The van der Waals surface area contributed by atoms with E-state index in [0.29, 0.717) is 29.7 Å². The van der Waals surface area contributed by atoms with Crippen LogP contribution >= 0.6 is 0 Å². The fraction of sp³-hybridized carbons (Fsp3) is 0.750. The molecule has 1 aromatic rings. The molecule has 3 fully saturated rings. The third kappa shape index (κ3) is 2.75. The molecule has 0 aromatic carbocycles. The van der Waals surface area contributed by atoms with Crippen molar-refractivity contribution < 1.29 is 26.5 Å². The van der Waals surface area contributed by atoms with Crippen LogP contribution in [0.15, 0.2) is 4.42 Å². The topological polar surface area (TPSA) is 138 Å². The lowest BCUT2D eigenvalue weighted by atomic mass is 10.0. The standard InChI is InChI=1S/C12H17N5O6S/c18-12-16-6-8(17(12)23-24(19,20)21)1-2-9(16)11-15-14-10(22-11)7-3-4-13-5-7/h7-9,13H,1-6H2,(H,19,20,21)/t7?,8-,9-/m0/s1. The van der Waals surface area contributed by atoms with E-state index in [0.717, 1.165) is 19.5 Å². The van der Waals surface area contributed by atoms with Crippen molar-refractivity contribution in [2.24, 2.45) is 0 Å². The Hall–Kier alpha value is -1.76. The number of carbonyl (C=O) groups is 1. The van der Waals surface area contributed by atoms with E-state index in [4.69, 9.17) is 8.97 Å². The molecule has 2 amide bonds. The molecule has 11 nitrogen and oxygen atoms in total. The Morgan fingerprint density at radius 3 is 2.75 bits per heavy atom. The van der Waals surface area contributed by atoms with E-state index in [1.54, 1.807) is 0 Å². The number of hydrogen-bond acceptors (Lipinski definition) is 8. The Balaban J connectivity index is 1.53. The summed E-state index contributed by atoms with van der Waals surface area (Å²) in [5.41, 5.74) is 0. The molecule has 0 aliphatic carbocycles. The van der Waals surface area contributed by atoms with Crippen LogP contribution in [-0.4, -0.2) is 64.8 Å². The molecule has 0 spiro atoms. The average Bonchev–Trinajstić information content (AvgIpc) is 3.24. The van der Waals surface area contributed by atoms with E-state index in [-0.39, 0.29) is 12.5 Å². The van der Waals surface area contributed by atoms with Crippen LogP contribution in [0.5, 0.6) is 0 Å². The summed E-state index contributed by atoms with van der Waals surface area (Å²) in [7, 11) is -4.75. The molecule has 0 radical (unpaired) electrons. The van der Waals surface area contributed by atoms with Gasteiger partial charge in [0.15, 0.2) is 0 Å². The lowest BCUT2D eigenvalue weighted by Gasteiger charge is -2.27. The van der Waals surface area contributed by atoms with Crippen LogP contribution in [0.1, 0.15) is 43.0 Å². The molecule has 3 aliphatic rings. The summed E-state index contributed by atoms with van der Waals surface area (Å²) in [5.74, 6) is 1.07. The summed E-state index contributed by atoms with van der Waals surface area (Å²) < 4.78 is 40.8. The zero-order chi connectivity index (χ0) is 16.9. The van der Waals surface area contributed by atoms with E-state index in [9.17, 15) is 13.2 Å². The number of nitrogens with zero attached hydrogens (tertiary/aromatic N) is 4. The van der Waals surface area contributed by atoms with Crippen LogP contribution < -0.4 is 5.32 Å². The van der Waals surface area contributed by atoms with Crippen LogP contribution in [-0.2, 0) is 14.7 Å². The number of aromatic nitrogens is 2. The van der Waals surface area contributed by atoms with Crippen LogP contribution in [0, 0.1) is 0 Å². The molecular formula is C12H17N5O6S. The van der Waals surface area contributed by atoms with Gasteiger partial charge in [-0.3, -0.25) is 4.55 Å². The number of nitrogens with one attached hydrogen (secondary N) is 1. The Kier molecular flexibility index (Phi) is 3.71. The first-order valence-electron chi connectivity index (χ1n) is 7.73. The number of piperidine rings is 1. The lowest BCUT2D eigenvalue weighted by Crippen LogP contribution is -2.35. The number of carbonyl (C=O) groups excluding carboxylic acids is 1. The van der Waals surface area contributed by atoms with Gasteiger partial charge in [-0.05, 0) is 25.8 Å². The highest BCUT2D eigenvalue weighted by molar-refractivity contribution is 7.80. The number of hydroxylamine groups is 2. The average molecular weight is 359 g/mol. The van der Waals surface area contributed by atoms with Crippen molar-refractivity contribution in [3.63, 3.8) is 0 Å². The summed E-state index contributed by atoms with van der Waals surface area (Å²) in [6.45, 7) is 1.97. The molecule has 4 rings (SSSR count). The lowest BCUT2D eigenvalue weighted by molar-refractivity contribution is -0.0317. The molecule has 2 N–H and O–H groups in total. The summed E-state index contributed by atoms with van der Waals surface area (Å²) >= 11 is 0. The molecule has 132 valence electrons. The van der Waals surface area contributed by atoms with Gasteiger partial charge >= 0.3 is 16.4 Å². The largest absolute Gasteiger partial charge is 0.423 e. The quantitative estimate of drug-likeness (QED) is 0.701. The van der Waals surface area contributed by atoms with E-state index in [1.165, 1.54) is 4.90 Å². The first-order valence-corrected chi connectivity index (χ1v) is 9.10. The van der Waals surface area contributed by atoms with Crippen LogP contribution in [0.4, 0.5) is 4.79 Å². The third-order valence-corrected chi connectivity index (χ3v) is 5.00. The number of rotatable bonds is 4. The van der Waals surface area contributed by atoms with Gasteiger partial charge < -0.3 is 14.6 Å². The van der Waals surface area contributed by atoms with E-state index < -0.39 is 28.5 Å². The number of urea groups is 1. The maximum absolute atomic E-state index is 12.4. The highest BCUT2D eigenvalue weighted by atomic mass is 32.3. The van der Waals surface area contributed by atoms with Gasteiger partial charge in [0, 0.05) is 13.1 Å². The highest BCUT2D eigenvalue weighted by Gasteiger charge is 2.49. The monoisotopic (exact) mass is 359 g/mol. The summed E-state index contributed by atoms with van der Waals surface area (Å²) in [4.78, 5) is 13.8. The highest BCUT2D eigenvalue weighted by Crippen LogP contribution is 2.38. The van der Waals surface area contributed by atoms with Gasteiger partial charge in [-0.15, -0.1) is 14.5 Å². The van der Waals surface area contributed by atoms with Crippen LogP contribution in [0.25, 0.3) is 0 Å². The number of amides is 2. The van der Waals surface area contributed by atoms with Gasteiger partial charge in [-0.1, -0.05) is 0 Å². The fourth-order valence-electron chi connectivity index (χ4n) is 3.50. The van der Waals surface area contributed by atoms with Crippen molar-refractivity contribution in [3.8, 4) is 0 Å². The molecule has 1 unspecified atom stereocenters. The second-order valence-electron chi connectivity index (χ2n) is 6.18. The van der Waals surface area contributed by atoms with Gasteiger partial charge in [0.05, 0.1) is 12.0 Å².